The molecule has 1 aromatic heterocycles. The predicted octanol–water partition coefficient (Wildman–Crippen LogP) is 2.54. The van der Waals surface area contributed by atoms with Crippen LogP contribution >= 0.6 is 0 Å². The van der Waals surface area contributed by atoms with Crippen LogP contribution in [0, 0.1) is 5.82 Å². The van der Waals surface area contributed by atoms with Gasteiger partial charge in [0.2, 0.25) is 0 Å². The lowest BCUT2D eigenvalue weighted by atomic mass is 10.0. The van der Waals surface area contributed by atoms with Crippen LogP contribution in [0.4, 0.5) is 4.39 Å². The number of hydrogen-bond donors (Lipinski definition) is 3. The number of likely N-dealkylation sites (tertiary alicyclic amines) is 1. The molecule has 0 spiro atoms. The van der Waals surface area contributed by atoms with E-state index in [0.29, 0.717) is 6.04 Å². The van der Waals surface area contributed by atoms with Crippen LogP contribution in [0.15, 0.2) is 30.5 Å². The molecule has 3 rings (SSSR count). The van der Waals surface area contributed by atoms with Crippen LogP contribution in [0.5, 0.6) is 0 Å². The fraction of sp³-hybridized carbons (Fsp3) is 0.526. The molecular weight excluding hydrogens is 319 g/mol. The first-order valence-corrected chi connectivity index (χ1v) is 9.11. The van der Waals surface area contributed by atoms with E-state index in [1.807, 2.05) is 6.20 Å². The molecule has 1 saturated heterocycles. The van der Waals surface area contributed by atoms with Crippen molar-refractivity contribution in [3.05, 3.63) is 41.8 Å². The minimum atomic E-state index is -0.234. The van der Waals surface area contributed by atoms with Gasteiger partial charge in [0.15, 0.2) is 0 Å². The Balaban J connectivity index is 1.44. The summed E-state index contributed by atoms with van der Waals surface area (Å²) in [6.07, 6.45) is 6.45. The molecule has 3 N–H and O–H groups in total. The fourth-order valence-electron chi connectivity index (χ4n) is 3.50. The van der Waals surface area contributed by atoms with E-state index in [2.05, 4.69) is 20.4 Å². The van der Waals surface area contributed by atoms with Gasteiger partial charge in [-0.25, -0.2) is 4.39 Å². The minimum absolute atomic E-state index is 0.234. The first-order valence-electron chi connectivity index (χ1n) is 9.11. The second-order valence-corrected chi connectivity index (χ2v) is 6.68. The number of aromatic amines is 1. The smallest absolute Gasteiger partial charge is 0.123 e. The van der Waals surface area contributed by atoms with Crippen LogP contribution < -0.4 is 5.32 Å². The maximum absolute atomic E-state index is 13.1. The van der Waals surface area contributed by atoms with Gasteiger partial charge in [0.05, 0.1) is 18.5 Å². The van der Waals surface area contributed by atoms with Crippen molar-refractivity contribution in [1.29, 1.82) is 0 Å². The van der Waals surface area contributed by atoms with Gasteiger partial charge in [0.25, 0.3) is 0 Å². The Labute approximate surface area is 148 Å². The largest absolute Gasteiger partial charge is 0.395 e. The Morgan fingerprint density at radius 1 is 1.28 bits per heavy atom. The monoisotopic (exact) mass is 346 g/mol. The molecule has 2 heterocycles. The molecular formula is C19H27FN4O. The van der Waals surface area contributed by atoms with E-state index in [1.54, 1.807) is 12.1 Å². The number of H-pyrrole nitrogens is 1. The maximum Gasteiger partial charge on any atom is 0.123 e. The van der Waals surface area contributed by atoms with Gasteiger partial charge in [0, 0.05) is 23.7 Å². The third-order valence-corrected chi connectivity index (χ3v) is 4.92. The van der Waals surface area contributed by atoms with E-state index >= 15 is 0 Å². The Hall–Kier alpha value is -1.76. The van der Waals surface area contributed by atoms with Gasteiger partial charge < -0.3 is 10.4 Å². The molecule has 0 radical (unpaired) electrons. The number of aliphatic hydroxyl groups excluding tert-OH is 1. The minimum Gasteiger partial charge on any atom is -0.395 e. The molecule has 1 aliphatic heterocycles. The number of benzene rings is 1. The van der Waals surface area contributed by atoms with Crippen LogP contribution in [-0.2, 0) is 6.54 Å². The second-order valence-electron chi connectivity index (χ2n) is 6.68. The van der Waals surface area contributed by atoms with Crippen molar-refractivity contribution in [2.24, 2.45) is 0 Å². The summed E-state index contributed by atoms with van der Waals surface area (Å²) in [7, 11) is 0. The summed E-state index contributed by atoms with van der Waals surface area (Å²) >= 11 is 0. The molecule has 1 aromatic carbocycles. The Bertz CT molecular complexity index is 643. The lowest BCUT2D eigenvalue weighted by Crippen LogP contribution is -2.42. The molecule has 136 valence electrons. The van der Waals surface area contributed by atoms with Crippen molar-refractivity contribution >= 4 is 0 Å². The Morgan fingerprint density at radius 3 is 2.92 bits per heavy atom. The van der Waals surface area contributed by atoms with Crippen LogP contribution in [0.1, 0.15) is 31.2 Å². The zero-order valence-electron chi connectivity index (χ0n) is 14.5. The molecule has 0 aliphatic carbocycles. The molecule has 6 heteroatoms. The van der Waals surface area contributed by atoms with Crippen LogP contribution in [-0.4, -0.2) is 52.5 Å². The number of rotatable bonds is 8. The third-order valence-electron chi connectivity index (χ3n) is 4.92. The zero-order chi connectivity index (χ0) is 17.5. The second kappa shape index (κ2) is 9.08. The van der Waals surface area contributed by atoms with Crippen molar-refractivity contribution in [1.82, 2.24) is 20.4 Å². The van der Waals surface area contributed by atoms with Crippen molar-refractivity contribution in [3.8, 4) is 11.3 Å². The van der Waals surface area contributed by atoms with E-state index in [-0.39, 0.29) is 12.4 Å². The number of piperidine rings is 1. The highest BCUT2D eigenvalue weighted by Crippen LogP contribution is 2.21. The molecule has 0 amide bonds. The highest BCUT2D eigenvalue weighted by Gasteiger charge is 2.20. The summed E-state index contributed by atoms with van der Waals surface area (Å²) in [6, 6.07) is 6.79. The quantitative estimate of drug-likeness (QED) is 0.643. The molecule has 1 fully saturated rings. The first-order chi connectivity index (χ1) is 12.3. The SMILES string of the molecule is OCC1CCCCN1CCCNCc1cn[nH]c1-c1ccc(F)cc1. The number of aliphatic hydroxyl groups is 1. The Morgan fingerprint density at radius 2 is 2.12 bits per heavy atom. The molecule has 2 aromatic rings. The first kappa shape index (κ1) is 18.0. The van der Waals surface area contributed by atoms with Gasteiger partial charge in [-0.05, 0) is 63.2 Å². The highest BCUT2D eigenvalue weighted by molar-refractivity contribution is 5.62. The number of nitrogens with one attached hydrogen (secondary N) is 2. The van der Waals surface area contributed by atoms with E-state index in [4.69, 9.17) is 0 Å². The average Bonchev–Trinajstić information content (AvgIpc) is 3.11. The molecule has 0 bridgehead atoms. The predicted molar refractivity (Wildman–Crippen MR) is 96.6 cm³/mol. The van der Waals surface area contributed by atoms with Crippen molar-refractivity contribution in [2.75, 3.05) is 26.2 Å². The van der Waals surface area contributed by atoms with Crippen LogP contribution in [0.25, 0.3) is 11.3 Å². The average molecular weight is 346 g/mol. The normalized spacial score (nSPS) is 18.6. The standard InChI is InChI=1S/C19H27FN4O/c20-17-7-5-15(6-8-17)19-16(13-22-23-19)12-21-9-3-11-24-10-2-1-4-18(24)14-25/h5-8,13,18,21,25H,1-4,9-12,14H2,(H,22,23). The van der Waals surface area contributed by atoms with Crippen molar-refractivity contribution in [3.63, 3.8) is 0 Å². The molecule has 0 saturated carbocycles. The van der Waals surface area contributed by atoms with Gasteiger partial charge in [-0.15, -0.1) is 0 Å². The zero-order valence-corrected chi connectivity index (χ0v) is 14.5. The Kier molecular flexibility index (Phi) is 6.55. The van der Waals surface area contributed by atoms with Gasteiger partial charge in [0.1, 0.15) is 5.82 Å². The topological polar surface area (TPSA) is 64.2 Å². The number of hydrogen-bond acceptors (Lipinski definition) is 4. The maximum atomic E-state index is 13.1. The molecule has 5 nitrogen and oxygen atoms in total. The van der Waals surface area contributed by atoms with Crippen LogP contribution in [0.3, 0.4) is 0 Å². The summed E-state index contributed by atoms with van der Waals surface area (Å²) in [5.74, 6) is -0.234. The van der Waals surface area contributed by atoms with Gasteiger partial charge >= 0.3 is 0 Å². The summed E-state index contributed by atoms with van der Waals surface area (Å²) in [4.78, 5) is 2.41. The van der Waals surface area contributed by atoms with E-state index in [0.717, 1.165) is 55.8 Å². The third kappa shape index (κ3) is 4.87. The highest BCUT2D eigenvalue weighted by atomic mass is 19.1. The lowest BCUT2D eigenvalue weighted by Gasteiger charge is -2.34. The van der Waals surface area contributed by atoms with E-state index in [1.165, 1.54) is 25.0 Å². The van der Waals surface area contributed by atoms with Crippen molar-refractivity contribution in [2.45, 2.75) is 38.3 Å². The van der Waals surface area contributed by atoms with E-state index in [9.17, 15) is 9.50 Å². The van der Waals surface area contributed by atoms with Crippen LogP contribution in [0.2, 0.25) is 0 Å². The van der Waals surface area contributed by atoms with E-state index < -0.39 is 0 Å². The van der Waals surface area contributed by atoms with Gasteiger partial charge in [-0.2, -0.15) is 5.10 Å². The summed E-state index contributed by atoms with van der Waals surface area (Å²) < 4.78 is 13.1. The lowest BCUT2D eigenvalue weighted by molar-refractivity contribution is 0.0893. The van der Waals surface area contributed by atoms with Gasteiger partial charge in [-0.3, -0.25) is 10.00 Å². The fourth-order valence-corrected chi connectivity index (χ4v) is 3.50. The number of halogens is 1. The molecule has 1 atom stereocenters. The molecule has 25 heavy (non-hydrogen) atoms. The number of nitrogens with zero attached hydrogens (tertiary/aromatic N) is 2. The molecule has 1 aliphatic rings. The van der Waals surface area contributed by atoms with Crippen molar-refractivity contribution < 1.29 is 9.50 Å². The molecule has 1 unspecified atom stereocenters. The number of aromatic nitrogens is 2. The summed E-state index contributed by atoms with van der Waals surface area (Å²) in [6.45, 7) is 4.04. The summed E-state index contributed by atoms with van der Waals surface area (Å²) in [5.41, 5.74) is 2.96. The van der Waals surface area contributed by atoms with Gasteiger partial charge in [-0.1, -0.05) is 6.42 Å². The summed E-state index contributed by atoms with van der Waals surface area (Å²) in [5, 5.41) is 20.0.